The molecule has 0 amide bonds. The van der Waals surface area contributed by atoms with Gasteiger partial charge in [-0.1, -0.05) is 140 Å². The third kappa shape index (κ3) is 3.55. The Bertz CT molecular complexity index is 2390. The molecule has 0 aliphatic heterocycles. The molecule has 0 fully saturated rings. The third-order valence-corrected chi connectivity index (χ3v) is 16.4. The van der Waals surface area contributed by atoms with Crippen LogP contribution in [0.1, 0.15) is 0 Å². The highest BCUT2D eigenvalue weighted by atomic mass is 32.3. The molecule has 0 atom stereocenters. The molecule has 0 unspecified atom stereocenters. The molecule has 0 saturated carbocycles. The number of aromatic nitrogens is 1. The monoisotopic (exact) mass is 611 g/mol. The minimum absolute atomic E-state index is 0.895. The number of rotatable bonds is 5. The number of hydrogen-bond donors (Lipinski definition) is 1. The molecule has 0 aliphatic carbocycles. The lowest BCUT2D eigenvalue weighted by molar-refractivity contribution is 0.659. The molecule has 9 aromatic rings. The molecule has 0 saturated heterocycles. The van der Waals surface area contributed by atoms with Gasteiger partial charge in [0.15, 0.2) is 0 Å². The summed E-state index contributed by atoms with van der Waals surface area (Å²) in [7, 11) is -3.30. The van der Waals surface area contributed by atoms with E-state index in [9.17, 15) is 0 Å². The van der Waals surface area contributed by atoms with Gasteiger partial charge in [-0.3, -0.25) is 0 Å². The van der Waals surface area contributed by atoms with Crippen molar-refractivity contribution in [2.45, 2.75) is 19.6 Å². The molecular weight excluding hydrogens is 579 g/mol. The average molecular weight is 612 g/mol. The maximum atomic E-state index is 6.99. The minimum atomic E-state index is -3.30. The molecule has 2 nitrogen and oxygen atoms in total. The van der Waals surface area contributed by atoms with Gasteiger partial charge in [-0.25, -0.2) is 0 Å². The van der Waals surface area contributed by atoms with Crippen LogP contribution in [-0.2, 0) is 0 Å². The van der Waals surface area contributed by atoms with Crippen LogP contribution in [0, 0.1) is 0 Å². The summed E-state index contributed by atoms with van der Waals surface area (Å²) < 4.78 is 9.37. The summed E-state index contributed by atoms with van der Waals surface area (Å²) in [5, 5.41) is 4.77. The molecular formula is C43H33NOS. The van der Waals surface area contributed by atoms with Gasteiger partial charge in [0.2, 0.25) is 0 Å². The summed E-state index contributed by atoms with van der Waals surface area (Å²) >= 11 is 0. The Balaban J connectivity index is 1.39. The van der Waals surface area contributed by atoms with Crippen molar-refractivity contribution in [3.05, 3.63) is 176 Å². The molecule has 0 bridgehead atoms. The van der Waals surface area contributed by atoms with Crippen LogP contribution in [-0.4, -0.2) is 10.8 Å². The van der Waals surface area contributed by atoms with Crippen molar-refractivity contribution in [2.24, 2.45) is 0 Å². The van der Waals surface area contributed by atoms with Crippen molar-refractivity contribution in [2.75, 3.05) is 6.26 Å². The summed E-state index contributed by atoms with van der Waals surface area (Å²) in [6.45, 7) is 0. The largest absolute Gasteiger partial charge is 0.455 e. The Kier molecular flexibility index (Phi) is 5.84. The summed E-state index contributed by atoms with van der Waals surface area (Å²) in [5.74, 6) is 0. The highest BCUT2D eigenvalue weighted by Crippen LogP contribution is 2.88. The number of nitrogens with zero attached hydrogens (tertiary/aromatic N) is 1. The number of fused-ring (bicyclic) bond motifs is 6. The topological polar surface area (TPSA) is 18.1 Å². The van der Waals surface area contributed by atoms with E-state index in [1.54, 1.807) is 0 Å². The summed E-state index contributed by atoms with van der Waals surface area (Å²) in [6, 6.07) is 63.9. The zero-order valence-corrected chi connectivity index (χ0v) is 26.4. The fourth-order valence-corrected chi connectivity index (χ4v) is 13.4. The van der Waals surface area contributed by atoms with Crippen molar-refractivity contribution >= 4 is 52.9 Å². The zero-order valence-electron chi connectivity index (χ0n) is 25.5. The average Bonchev–Trinajstić information content (AvgIpc) is 3.68. The summed E-state index contributed by atoms with van der Waals surface area (Å²) in [5.41, 5.74) is 5.38. The molecule has 0 radical (unpaired) electrons. The van der Waals surface area contributed by atoms with Crippen LogP contribution in [0.5, 0.6) is 0 Å². The maximum Gasteiger partial charge on any atom is 0.146 e. The van der Waals surface area contributed by atoms with E-state index in [4.69, 9.17) is 4.42 Å². The van der Waals surface area contributed by atoms with Gasteiger partial charge < -0.3 is 8.98 Å². The second-order valence-electron chi connectivity index (χ2n) is 12.4. The Morgan fingerprint density at radius 2 is 0.913 bits per heavy atom. The molecule has 0 aliphatic rings. The lowest BCUT2D eigenvalue weighted by Gasteiger charge is -2.60. The lowest BCUT2D eigenvalue weighted by atomic mass is 10.1. The van der Waals surface area contributed by atoms with Gasteiger partial charge in [-0.2, -0.15) is 9.16 Å². The van der Waals surface area contributed by atoms with Gasteiger partial charge in [0.25, 0.3) is 0 Å². The molecule has 0 N–H and O–H groups in total. The number of hydrogen-bond acceptors (Lipinski definition) is 1. The molecule has 9 rings (SSSR count). The van der Waals surface area contributed by atoms with Gasteiger partial charge in [0.05, 0.1) is 11.0 Å². The van der Waals surface area contributed by atoms with E-state index >= 15 is 0 Å². The van der Waals surface area contributed by atoms with Gasteiger partial charge >= 0.3 is 0 Å². The van der Waals surface area contributed by atoms with Gasteiger partial charge in [-0.05, 0) is 57.3 Å². The summed E-state index contributed by atoms with van der Waals surface area (Å²) in [4.78, 5) is 5.17. The van der Waals surface area contributed by atoms with Gasteiger partial charge in [0, 0.05) is 32.1 Å². The van der Waals surface area contributed by atoms with Crippen LogP contribution in [0.2, 0.25) is 0 Å². The molecule has 0 spiro atoms. The Hall–Kier alpha value is -5.51. The van der Waals surface area contributed by atoms with Crippen LogP contribution >= 0.6 is 9.16 Å². The van der Waals surface area contributed by atoms with E-state index in [1.807, 2.05) is 0 Å². The van der Waals surface area contributed by atoms with Crippen molar-refractivity contribution in [1.29, 1.82) is 0 Å². The molecule has 2 heterocycles. The predicted molar refractivity (Wildman–Crippen MR) is 195 cm³/mol. The van der Waals surface area contributed by atoms with E-state index in [0.717, 1.165) is 27.6 Å². The minimum Gasteiger partial charge on any atom is -0.455 e. The first kappa shape index (κ1) is 26.9. The first-order valence-corrected chi connectivity index (χ1v) is 18.5. The third-order valence-electron chi connectivity index (χ3n) is 10.1. The number of benzene rings is 7. The van der Waals surface area contributed by atoms with E-state index in [-0.39, 0.29) is 0 Å². The van der Waals surface area contributed by atoms with E-state index < -0.39 is 9.16 Å². The molecule has 3 heteroatoms. The molecule has 222 valence electrons. The quantitative estimate of drug-likeness (QED) is 0.192. The second-order valence-corrected chi connectivity index (χ2v) is 17.5. The second kappa shape index (κ2) is 10.00. The first-order valence-electron chi connectivity index (χ1n) is 15.8. The zero-order chi connectivity index (χ0) is 30.7. The predicted octanol–water partition coefficient (Wildman–Crippen LogP) is 11.9. The number of para-hydroxylation sites is 3. The van der Waals surface area contributed by atoms with Crippen LogP contribution in [0.3, 0.4) is 0 Å². The normalized spacial score (nSPS) is 12.9. The van der Waals surface area contributed by atoms with E-state index in [0.29, 0.717) is 0 Å². The Morgan fingerprint density at radius 3 is 1.46 bits per heavy atom. The highest BCUT2D eigenvalue weighted by Gasteiger charge is 2.45. The number of furan rings is 1. The summed E-state index contributed by atoms with van der Waals surface area (Å²) in [6.07, 6.45) is 2.50. The smallest absolute Gasteiger partial charge is 0.146 e. The number of thiol groups is 1. The van der Waals surface area contributed by atoms with Crippen LogP contribution < -0.4 is 0 Å². The van der Waals surface area contributed by atoms with Crippen LogP contribution in [0.15, 0.2) is 200 Å². The molecule has 46 heavy (non-hydrogen) atoms. The van der Waals surface area contributed by atoms with Crippen molar-refractivity contribution in [3.8, 4) is 5.69 Å². The van der Waals surface area contributed by atoms with Crippen molar-refractivity contribution < 1.29 is 4.42 Å². The highest BCUT2D eigenvalue weighted by molar-refractivity contribution is 8.49. The van der Waals surface area contributed by atoms with Crippen LogP contribution in [0.25, 0.3) is 49.4 Å². The Labute approximate surface area is 268 Å². The lowest BCUT2D eigenvalue weighted by Crippen LogP contribution is -2.20. The first-order chi connectivity index (χ1) is 22.7. The van der Waals surface area contributed by atoms with E-state index in [2.05, 4.69) is 187 Å². The van der Waals surface area contributed by atoms with Gasteiger partial charge in [-0.15, -0.1) is 0 Å². The van der Waals surface area contributed by atoms with Crippen molar-refractivity contribution in [3.63, 3.8) is 0 Å². The molecule has 7 aromatic carbocycles. The standard InChI is InChI=1S/C43H33NOS/c1-46(32-16-5-2-6-17-32,33-18-7-3-8-19-33,34-20-9-4-10-21-34)42-27-15-24-37-38-30-31(28-29-41(38)45-43(37)42)44-39-25-13-11-22-35(39)36-23-12-14-26-40(36)44/h2-30,46H,1H3. The maximum absolute atomic E-state index is 6.99. The van der Waals surface area contributed by atoms with Gasteiger partial charge in [0.1, 0.15) is 11.2 Å². The molecule has 2 aromatic heterocycles. The SMILES string of the molecule is C[SH](c1ccccc1)(c1ccccc1)(c1ccccc1)c1cccc2c1oc1ccc(-n3c4ccccc4c4ccccc43)cc12. The van der Waals surface area contributed by atoms with Crippen molar-refractivity contribution in [1.82, 2.24) is 4.57 Å². The fourth-order valence-electron chi connectivity index (χ4n) is 7.82. The Morgan fingerprint density at radius 1 is 0.435 bits per heavy atom. The fraction of sp³-hybridized carbons (Fsp3) is 0.0233. The van der Waals surface area contributed by atoms with Crippen LogP contribution in [0.4, 0.5) is 0 Å². The van der Waals surface area contributed by atoms with E-state index in [1.165, 1.54) is 41.4 Å².